The number of aromatic nitrogens is 3. The number of benzene rings is 1. The molecule has 5 nitrogen and oxygen atoms in total. The van der Waals surface area contributed by atoms with Gasteiger partial charge in [0.25, 0.3) is 0 Å². The van der Waals surface area contributed by atoms with Crippen LogP contribution < -0.4 is 4.90 Å². The van der Waals surface area contributed by atoms with Crippen molar-refractivity contribution in [2.45, 2.75) is 13.5 Å². The Morgan fingerprint density at radius 3 is 2.78 bits per heavy atom. The van der Waals surface area contributed by atoms with Crippen LogP contribution in [0, 0.1) is 5.92 Å². The lowest BCUT2D eigenvalue weighted by Gasteiger charge is -2.20. The summed E-state index contributed by atoms with van der Waals surface area (Å²) in [6.07, 6.45) is 3.35. The van der Waals surface area contributed by atoms with Gasteiger partial charge >= 0.3 is 0 Å². The van der Waals surface area contributed by atoms with Gasteiger partial charge in [0.15, 0.2) is 0 Å². The number of hydrogen-bond acceptors (Lipinski definition) is 3. The first-order valence-electron chi connectivity index (χ1n) is 7.36. The number of rotatable bonds is 4. The van der Waals surface area contributed by atoms with Crippen LogP contribution in [0.4, 0.5) is 5.82 Å². The highest BCUT2D eigenvalue weighted by Gasteiger charge is 2.21. The summed E-state index contributed by atoms with van der Waals surface area (Å²) in [5.74, 6) is 0.344. The van der Waals surface area contributed by atoms with E-state index in [2.05, 4.69) is 10.1 Å². The molecule has 1 amide bonds. The van der Waals surface area contributed by atoms with E-state index in [1.165, 1.54) is 6.20 Å². The molecule has 0 N–H and O–H groups in total. The van der Waals surface area contributed by atoms with Crippen molar-refractivity contribution in [1.29, 1.82) is 0 Å². The molecular weight excluding hydrogens is 312 g/mol. The largest absolute Gasteiger partial charge is 0.300 e. The number of nitrogens with zero attached hydrogens (tertiary/aromatic N) is 4. The molecule has 0 saturated heterocycles. The van der Waals surface area contributed by atoms with Crippen molar-refractivity contribution >= 4 is 34.2 Å². The summed E-state index contributed by atoms with van der Waals surface area (Å²) < 4.78 is 1.86. The second kappa shape index (κ2) is 6.38. The smallest absolute Gasteiger partial charge is 0.232 e. The molecule has 1 aromatic carbocycles. The average molecular weight is 329 g/mol. The first-order valence-corrected chi connectivity index (χ1v) is 7.73. The molecule has 1 atom stereocenters. The third-order valence-corrected chi connectivity index (χ3v) is 4.03. The number of amides is 1. The van der Waals surface area contributed by atoms with Crippen molar-refractivity contribution in [2.24, 2.45) is 5.92 Å². The second-order valence-electron chi connectivity index (χ2n) is 5.52. The van der Waals surface area contributed by atoms with Crippen LogP contribution in [0.3, 0.4) is 0 Å². The molecule has 0 radical (unpaired) electrons. The minimum absolute atomic E-state index is 0.0144. The average Bonchev–Trinajstić information content (AvgIpc) is 2.97. The van der Waals surface area contributed by atoms with Crippen molar-refractivity contribution in [2.75, 3.05) is 11.9 Å². The van der Waals surface area contributed by atoms with Gasteiger partial charge in [-0.25, -0.2) is 4.98 Å². The lowest BCUT2D eigenvalue weighted by molar-refractivity contribution is -0.122. The molecule has 0 aliphatic rings. The van der Waals surface area contributed by atoms with Gasteiger partial charge < -0.3 is 0 Å². The number of carbonyl (C=O) groups excluding carboxylic acids is 1. The number of halogens is 1. The summed E-state index contributed by atoms with van der Waals surface area (Å²) in [5.41, 5.74) is 1.03. The SMILES string of the molecule is C[C@@H](Cn1ncc2ccccc21)C(=O)N(C)c1ccc(Cl)cn1. The predicted octanol–water partition coefficient (Wildman–Crippen LogP) is 3.38. The zero-order chi connectivity index (χ0) is 16.4. The summed E-state index contributed by atoms with van der Waals surface area (Å²) >= 11 is 5.83. The van der Waals surface area contributed by atoms with Crippen molar-refractivity contribution < 1.29 is 4.79 Å². The van der Waals surface area contributed by atoms with E-state index in [4.69, 9.17) is 11.6 Å². The van der Waals surface area contributed by atoms with Crippen molar-refractivity contribution in [3.05, 3.63) is 53.8 Å². The fourth-order valence-electron chi connectivity index (χ4n) is 2.52. The zero-order valence-corrected chi connectivity index (χ0v) is 13.7. The van der Waals surface area contributed by atoms with Gasteiger partial charge in [0.1, 0.15) is 5.82 Å². The highest BCUT2D eigenvalue weighted by Crippen LogP contribution is 2.18. The number of pyridine rings is 1. The fourth-order valence-corrected chi connectivity index (χ4v) is 2.63. The van der Waals surface area contributed by atoms with Crippen molar-refractivity contribution in [3.63, 3.8) is 0 Å². The molecule has 3 rings (SSSR count). The Bertz CT molecular complexity index is 828. The molecule has 0 spiro atoms. The van der Waals surface area contributed by atoms with Crippen LogP contribution in [0.2, 0.25) is 5.02 Å². The molecular formula is C17H17ClN4O. The van der Waals surface area contributed by atoms with E-state index in [1.54, 1.807) is 24.1 Å². The number of anilines is 1. The van der Waals surface area contributed by atoms with Crippen LogP contribution in [-0.2, 0) is 11.3 Å². The molecule has 0 aliphatic heterocycles. The van der Waals surface area contributed by atoms with E-state index >= 15 is 0 Å². The molecule has 0 aliphatic carbocycles. The highest BCUT2D eigenvalue weighted by atomic mass is 35.5. The van der Waals surface area contributed by atoms with E-state index < -0.39 is 0 Å². The van der Waals surface area contributed by atoms with Gasteiger partial charge in [-0.15, -0.1) is 0 Å². The molecule has 23 heavy (non-hydrogen) atoms. The summed E-state index contributed by atoms with van der Waals surface area (Å²) in [7, 11) is 1.72. The van der Waals surface area contributed by atoms with E-state index in [0.29, 0.717) is 17.4 Å². The normalized spacial score (nSPS) is 12.3. The lowest BCUT2D eigenvalue weighted by Crippen LogP contribution is -2.34. The first-order chi connectivity index (χ1) is 11.1. The first kappa shape index (κ1) is 15.5. The van der Waals surface area contributed by atoms with Crippen LogP contribution in [0.25, 0.3) is 10.9 Å². The Morgan fingerprint density at radius 2 is 2.04 bits per heavy atom. The van der Waals surface area contributed by atoms with Crippen LogP contribution >= 0.6 is 11.6 Å². The Labute approximate surface area is 139 Å². The number of hydrogen-bond donors (Lipinski definition) is 0. The molecule has 2 aromatic heterocycles. The summed E-state index contributed by atoms with van der Waals surface area (Å²) in [5, 5.41) is 5.99. The summed E-state index contributed by atoms with van der Waals surface area (Å²) in [6, 6.07) is 11.4. The maximum Gasteiger partial charge on any atom is 0.232 e. The topological polar surface area (TPSA) is 51.0 Å². The predicted molar refractivity (Wildman–Crippen MR) is 91.6 cm³/mol. The Kier molecular flexibility index (Phi) is 4.30. The number of para-hydroxylation sites is 1. The number of fused-ring (bicyclic) bond motifs is 1. The van der Waals surface area contributed by atoms with E-state index in [-0.39, 0.29) is 11.8 Å². The molecule has 0 fully saturated rings. The second-order valence-corrected chi connectivity index (χ2v) is 5.95. The van der Waals surface area contributed by atoms with Crippen LogP contribution in [0.15, 0.2) is 48.8 Å². The molecule has 0 unspecified atom stereocenters. The summed E-state index contributed by atoms with van der Waals surface area (Å²) in [6.45, 7) is 2.41. The van der Waals surface area contributed by atoms with Gasteiger partial charge in [0.05, 0.1) is 29.2 Å². The zero-order valence-electron chi connectivity index (χ0n) is 13.0. The van der Waals surface area contributed by atoms with Crippen LogP contribution in [-0.4, -0.2) is 27.7 Å². The minimum atomic E-state index is -0.221. The maximum absolute atomic E-state index is 12.6. The lowest BCUT2D eigenvalue weighted by atomic mass is 10.1. The van der Waals surface area contributed by atoms with E-state index in [1.807, 2.05) is 42.1 Å². The van der Waals surface area contributed by atoms with Crippen molar-refractivity contribution in [3.8, 4) is 0 Å². The molecule has 2 heterocycles. The van der Waals surface area contributed by atoms with Gasteiger partial charge in [-0.05, 0) is 18.2 Å². The Hall–Kier alpha value is -2.40. The molecule has 0 bridgehead atoms. The van der Waals surface area contributed by atoms with Gasteiger partial charge in [-0.2, -0.15) is 5.10 Å². The van der Waals surface area contributed by atoms with Crippen molar-refractivity contribution in [1.82, 2.24) is 14.8 Å². The third kappa shape index (κ3) is 3.19. The van der Waals surface area contributed by atoms with Gasteiger partial charge in [0.2, 0.25) is 5.91 Å². The number of carbonyl (C=O) groups is 1. The standard InChI is InChI=1S/C17H17ClN4O/c1-12(11-22-15-6-4-3-5-13(15)9-20-22)17(23)21(2)16-8-7-14(18)10-19-16/h3-10,12H,11H2,1-2H3/t12-/m0/s1. The van der Waals surface area contributed by atoms with Crippen LogP contribution in [0.5, 0.6) is 0 Å². The Morgan fingerprint density at radius 1 is 1.26 bits per heavy atom. The van der Waals surface area contributed by atoms with E-state index in [9.17, 15) is 4.79 Å². The summed E-state index contributed by atoms with van der Waals surface area (Å²) in [4.78, 5) is 18.3. The molecule has 3 aromatic rings. The third-order valence-electron chi connectivity index (χ3n) is 3.81. The van der Waals surface area contributed by atoms with Gasteiger partial charge in [-0.1, -0.05) is 36.7 Å². The fraction of sp³-hybridized carbons (Fsp3) is 0.235. The molecule has 6 heteroatoms. The van der Waals surface area contributed by atoms with E-state index in [0.717, 1.165) is 10.9 Å². The maximum atomic E-state index is 12.6. The Balaban J connectivity index is 1.75. The van der Waals surface area contributed by atoms with Gasteiger partial charge in [-0.3, -0.25) is 14.4 Å². The monoisotopic (exact) mass is 328 g/mol. The van der Waals surface area contributed by atoms with Crippen LogP contribution in [0.1, 0.15) is 6.92 Å². The minimum Gasteiger partial charge on any atom is -0.300 e. The molecule has 118 valence electrons. The quantitative estimate of drug-likeness (QED) is 0.737. The molecule has 0 saturated carbocycles. The van der Waals surface area contributed by atoms with Gasteiger partial charge in [0, 0.05) is 18.6 Å². The highest BCUT2D eigenvalue weighted by molar-refractivity contribution is 6.30.